The minimum absolute atomic E-state index is 0.0614. The smallest absolute Gasteiger partial charge is 0.256 e. The summed E-state index contributed by atoms with van der Waals surface area (Å²) in [7, 11) is -3.64. The van der Waals surface area contributed by atoms with E-state index in [0.717, 1.165) is 6.42 Å². The third-order valence-corrected chi connectivity index (χ3v) is 7.16. The number of aliphatic hydroxyl groups excluding tert-OH is 1. The fourth-order valence-electron chi connectivity index (χ4n) is 3.45. The van der Waals surface area contributed by atoms with Crippen LogP contribution in [-0.4, -0.2) is 77.4 Å². The van der Waals surface area contributed by atoms with E-state index in [9.17, 15) is 18.3 Å². The second kappa shape index (κ2) is 9.61. The van der Waals surface area contributed by atoms with Gasteiger partial charge in [0.05, 0.1) is 11.5 Å². The lowest BCUT2D eigenvalue weighted by atomic mass is 10.2. The summed E-state index contributed by atoms with van der Waals surface area (Å²) in [5.74, 6) is 0.550. The summed E-state index contributed by atoms with van der Waals surface area (Å²) in [5.41, 5.74) is 0.337. The fourth-order valence-corrected chi connectivity index (χ4v) is 4.88. The Morgan fingerprint density at radius 3 is 2.40 bits per heavy atom. The van der Waals surface area contributed by atoms with Crippen LogP contribution in [0.25, 0.3) is 0 Å². The number of hydrogen-bond acceptors (Lipinski definition) is 7. The van der Waals surface area contributed by atoms with Gasteiger partial charge in [-0.1, -0.05) is 6.92 Å². The first-order valence-electron chi connectivity index (χ1n) is 9.91. The van der Waals surface area contributed by atoms with Crippen LogP contribution in [0.1, 0.15) is 29.5 Å². The Morgan fingerprint density at radius 1 is 1.17 bits per heavy atom. The molecule has 1 atom stereocenters. The highest BCUT2D eigenvalue weighted by Crippen LogP contribution is 2.20. The van der Waals surface area contributed by atoms with Gasteiger partial charge in [0.2, 0.25) is 10.0 Å². The van der Waals surface area contributed by atoms with Crippen molar-refractivity contribution in [3.63, 3.8) is 0 Å². The number of anilines is 1. The van der Waals surface area contributed by atoms with Crippen LogP contribution in [0.4, 0.5) is 5.82 Å². The number of hydrogen-bond donors (Lipinski definition) is 2. The van der Waals surface area contributed by atoms with Crippen LogP contribution in [0, 0.1) is 6.92 Å². The summed E-state index contributed by atoms with van der Waals surface area (Å²) < 4.78 is 27.4. The molecule has 2 N–H and O–H groups in total. The van der Waals surface area contributed by atoms with Gasteiger partial charge in [0, 0.05) is 44.0 Å². The minimum Gasteiger partial charge on any atom is -0.395 e. The van der Waals surface area contributed by atoms with E-state index < -0.39 is 10.0 Å². The van der Waals surface area contributed by atoms with Crippen LogP contribution in [0.3, 0.4) is 0 Å². The zero-order valence-corrected chi connectivity index (χ0v) is 18.0. The molecule has 1 aromatic carbocycles. The van der Waals surface area contributed by atoms with Crippen molar-refractivity contribution in [3.05, 3.63) is 47.9 Å². The highest BCUT2D eigenvalue weighted by atomic mass is 32.2. The molecule has 10 heteroatoms. The zero-order chi connectivity index (χ0) is 21.7. The highest BCUT2D eigenvalue weighted by molar-refractivity contribution is 7.89. The fraction of sp³-hybridized carbons (Fsp3) is 0.450. The Hall–Kier alpha value is -2.40. The standard InChI is InChI=1S/C20H27N5O4S/c1-3-17(14-26)24-10-12-25(13-11-24)30(28,29)18-6-4-16(5-7-18)20(27)23-19-8-9-21-15(2)22-19/h4-9,17,26H,3,10-14H2,1-2H3,(H,21,22,23,27). The van der Waals surface area contributed by atoms with E-state index in [2.05, 4.69) is 20.2 Å². The Morgan fingerprint density at radius 2 is 1.83 bits per heavy atom. The number of sulfonamides is 1. The molecule has 30 heavy (non-hydrogen) atoms. The predicted octanol–water partition coefficient (Wildman–Crippen LogP) is 1.11. The lowest BCUT2D eigenvalue weighted by Crippen LogP contribution is -2.52. The van der Waals surface area contributed by atoms with Gasteiger partial charge in [0.25, 0.3) is 5.91 Å². The highest BCUT2D eigenvalue weighted by Gasteiger charge is 2.30. The zero-order valence-electron chi connectivity index (χ0n) is 17.2. The topological polar surface area (TPSA) is 116 Å². The molecule has 3 rings (SSSR count). The Labute approximate surface area is 176 Å². The number of benzene rings is 1. The summed E-state index contributed by atoms with van der Waals surface area (Å²) in [5, 5.41) is 12.1. The molecule has 162 valence electrons. The van der Waals surface area contributed by atoms with Crippen LogP contribution in [0.5, 0.6) is 0 Å². The average molecular weight is 434 g/mol. The number of nitrogens with zero attached hydrogens (tertiary/aromatic N) is 4. The number of carbonyl (C=O) groups is 1. The maximum atomic E-state index is 13.0. The Bertz CT molecular complexity index is 969. The van der Waals surface area contributed by atoms with Crippen LogP contribution in [0.15, 0.2) is 41.4 Å². The van der Waals surface area contributed by atoms with E-state index in [1.165, 1.54) is 28.6 Å². The van der Waals surface area contributed by atoms with Gasteiger partial charge >= 0.3 is 0 Å². The summed E-state index contributed by atoms with van der Waals surface area (Å²) >= 11 is 0. The first-order chi connectivity index (χ1) is 14.3. The molecule has 1 aliphatic heterocycles. The molecule has 1 saturated heterocycles. The van der Waals surface area contributed by atoms with E-state index in [-0.39, 0.29) is 23.5 Å². The summed E-state index contributed by atoms with van der Waals surface area (Å²) in [6.45, 7) is 5.70. The average Bonchev–Trinajstić information content (AvgIpc) is 2.75. The van der Waals surface area contributed by atoms with E-state index in [0.29, 0.717) is 43.4 Å². The minimum atomic E-state index is -3.64. The van der Waals surface area contributed by atoms with Crippen LogP contribution in [-0.2, 0) is 10.0 Å². The second-order valence-corrected chi connectivity index (χ2v) is 9.09. The number of aromatic nitrogens is 2. The molecule has 0 bridgehead atoms. The molecule has 1 unspecified atom stereocenters. The quantitative estimate of drug-likeness (QED) is 0.672. The molecular formula is C20H27N5O4S. The third kappa shape index (κ3) is 5.01. The van der Waals surface area contributed by atoms with Gasteiger partial charge in [0.15, 0.2) is 0 Å². The van der Waals surface area contributed by atoms with Crippen LogP contribution >= 0.6 is 0 Å². The molecule has 0 radical (unpaired) electrons. The second-order valence-electron chi connectivity index (χ2n) is 7.15. The maximum absolute atomic E-state index is 13.0. The van der Waals surface area contributed by atoms with Crippen molar-refractivity contribution in [2.24, 2.45) is 0 Å². The van der Waals surface area contributed by atoms with Gasteiger partial charge in [-0.2, -0.15) is 4.31 Å². The monoisotopic (exact) mass is 433 g/mol. The lowest BCUT2D eigenvalue weighted by molar-refractivity contribution is 0.0881. The largest absolute Gasteiger partial charge is 0.395 e. The van der Waals surface area contributed by atoms with Crippen molar-refractivity contribution in [2.75, 3.05) is 38.1 Å². The van der Waals surface area contributed by atoms with Gasteiger partial charge in [-0.15, -0.1) is 0 Å². The molecule has 1 aromatic heterocycles. The van der Waals surface area contributed by atoms with E-state index in [4.69, 9.17) is 0 Å². The van der Waals surface area contributed by atoms with Crippen molar-refractivity contribution in [1.82, 2.24) is 19.2 Å². The van der Waals surface area contributed by atoms with Gasteiger partial charge < -0.3 is 10.4 Å². The SMILES string of the molecule is CCC(CO)N1CCN(S(=O)(=O)c2ccc(C(=O)Nc3ccnc(C)n3)cc2)CC1. The van der Waals surface area contributed by atoms with Crippen molar-refractivity contribution in [1.29, 1.82) is 0 Å². The first-order valence-corrected chi connectivity index (χ1v) is 11.3. The molecule has 1 aliphatic rings. The van der Waals surface area contributed by atoms with E-state index in [1.807, 2.05) is 6.92 Å². The third-order valence-electron chi connectivity index (χ3n) is 5.24. The van der Waals surface area contributed by atoms with Gasteiger partial charge in [-0.25, -0.2) is 18.4 Å². The number of carbonyl (C=O) groups excluding carboxylic acids is 1. The molecular weight excluding hydrogens is 406 g/mol. The summed E-state index contributed by atoms with van der Waals surface area (Å²) in [4.78, 5) is 22.8. The van der Waals surface area contributed by atoms with Crippen molar-refractivity contribution in [2.45, 2.75) is 31.2 Å². The van der Waals surface area contributed by atoms with E-state index >= 15 is 0 Å². The maximum Gasteiger partial charge on any atom is 0.256 e. The molecule has 1 fully saturated rings. The van der Waals surface area contributed by atoms with E-state index in [1.54, 1.807) is 19.2 Å². The van der Waals surface area contributed by atoms with Crippen molar-refractivity contribution in [3.8, 4) is 0 Å². The Kier molecular flexibility index (Phi) is 7.14. The van der Waals surface area contributed by atoms with Gasteiger partial charge in [-0.05, 0) is 43.7 Å². The van der Waals surface area contributed by atoms with Crippen molar-refractivity contribution < 1.29 is 18.3 Å². The normalized spacial score (nSPS) is 16.9. The molecule has 0 spiro atoms. The predicted molar refractivity (Wildman–Crippen MR) is 113 cm³/mol. The molecule has 1 amide bonds. The number of aliphatic hydroxyl groups is 1. The van der Waals surface area contributed by atoms with Gasteiger partial charge in [0.1, 0.15) is 11.6 Å². The summed E-state index contributed by atoms with van der Waals surface area (Å²) in [6, 6.07) is 7.53. The number of piperazine rings is 1. The molecule has 0 aliphatic carbocycles. The number of aryl methyl sites for hydroxylation is 1. The van der Waals surface area contributed by atoms with Crippen LogP contribution < -0.4 is 5.32 Å². The number of nitrogens with one attached hydrogen (secondary N) is 1. The lowest BCUT2D eigenvalue weighted by Gasteiger charge is -2.37. The molecule has 0 saturated carbocycles. The molecule has 9 nitrogen and oxygen atoms in total. The number of rotatable bonds is 7. The van der Waals surface area contributed by atoms with Crippen LogP contribution in [0.2, 0.25) is 0 Å². The number of amides is 1. The molecule has 2 heterocycles. The molecule has 2 aromatic rings. The summed E-state index contributed by atoms with van der Waals surface area (Å²) in [6.07, 6.45) is 2.37. The first kappa shape index (κ1) is 22.3. The van der Waals surface area contributed by atoms with Gasteiger partial charge in [-0.3, -0.25) is 9.69 Å². The Balaban J connectivity index is 1.65. The van der Waals surface area contributed by atoms with Crippen molar-refractivity contribution >= 4 is 21.7 Å².